The largest absolute Gasteiger partial charge is 0.397 e. The molecule has 14 heavy (non-hydrogen) atoms. The van der Waals surface area contributed by atoms with E-state index < -0.39 is 0 Å². The molecular weight excluding hydrogens is 192 g/mol. The average Bonchev–Trinajstić information content (AvgIpc) is 2.10. The molecule has 0 aliphatic rings. The minimum atomic E-state index is 0.454. The summed E-state index contributed by atoms with van der Waals surface area (Å²) in [7, 11) is 0. The molecule has 0 aliphatic carbocycles. The Morgan fingerprint density at radius 1 is 1.50 bits per heavy atom. The summed E-state index contributed by atoms with van der Waals surface area (Å²) in [6.07, 6.45) is 2.11. The second kappa shape index (κ2) is 5.15. The second-order valence-corrected chi connectivity index (χ2v) is 4.50. The highest BCUT2D eigenvalue weighted by Gasteiger charge is 2.03. The van der Waals surface area contributed by atoms with Crippen molar-refractivity contribution in [1.82, 2.24) is 0 Å². The van der Waals surface area contributed by atoms with Gasteiger partial charge < -0.3 is 11.1 Å². The number of thioether (sulfide) groups is 1. The monoisotopic (exact) mass is 210 g/mol. The van der Waals surface area contributed by atoms with Gasteiger partial charge in [0, 0.05) is 11.8 Å². The van der Waals surface area contributed by atoms with Gasteiger partial charge in [-0.2, -0.15) is 11.8 Å². The number of nitrogens with two attached hydrogens (primary N) is 1. The maximum Gasteiger partial charge on any atom is 0.0576 e. The van der Waals surface area contributed by atoms with Crippen LogP contribution in [0.25, 0.3) is 0 Å². The molecule has 0 bridgehead atoms. The van der Waals surface area contributed by atoms with Gasteiger partial charge in [0.25, 0.3) is 0 Å². The number of rotatable bonds is 4. The lowest BCUT2D eigenvalue weighted by atomic mass is 10.2. The lowest BCUT2D eigenvalue weighted by molar-refractivity contribution is 0.915. The zero-order valence-electron chi connectivity index (χ0n) is 9.00. The summed E-state index contributed by atoms with van der Waals surface area (Å²) in [5, 5.41) is 3.39. The maximum absolute atomic E-state index is 5.90. The molecule has 0 saturated carbocycles. The van der Waals surface area contributed by atoms with E-state index in [1.165, 1.54) is 5.56 Å². The van der Waals surface area contributed by atoms with Crippen LogP contribution in [-0.2, 0) is 0 Å². The van der Waals surface area contributed by atoms with E-state index in [1.54, 1.807) is 0 Å². The Morgan fingerprint density at radius 2 is 2.21 bits per heavy atom. The molecule has 1 aromatic carbocycles. The lowest BCUT2D eigenvalue weighted by Crippen LogP contribution is -2.18. The number of hydrogen-bond donors (Lipinski definition) is 2. The summed E-state index contributed by atoms with van der Waals surface area (Å²) >= 11 is 1.83. The van der Waals surface area contributed by atoms with Crippen LogP contribution in [0, 0.1) is 6.92 Å². The zero-order valence-corrected chi connectivity index (χ0v) is 9.82. The minimum absolute atomic E-state index is 0.454. The Labute approximate surface area is 90.3 Å². The molecule has 0 amide bonds. The van der Waals surface area contributed by atoms with Crippen molar-refractivity contribution in [2.24, 2.45) is 0 Å². The first-order valence-electron chi connectivity index (χ1n) is 4.75. The van der Waals surface area contributed by atoms with E-state index in [-0.39, 0.29) is 0 Å². The number of nitrogen functional groups attached to an aromatic ring is 1. The molecular formula is C11H18N2S. The number of hydrogen-bond acceptors (Lipinski definition) is 3. The first-order chi connectivity index (χ1) is 6.63. The molecule has 0 saturated heterocycles. The molecule has 3 heteroatoms. The van der Waals surface area contributed by atoms with Crippen LogP contribution < -0.4 is 11.1 Å². The van der Waals surface area contributed by atoms with Crippen molar-refractivity contribution in [3.63, 3.8) is 0 Å². The maximum atomic E-state index is 5.90. The molecule has 3 N–H and O–H groups in total. The van der Waals surface area contributed by atoms with Crippen LogP contribution in [0.4, 0.5) is 11.4 Å². The molecule has 0 radical (unpaired) electrons. The second-order valence-electron chi connectivity index (χ2n) is 3.59. The Morgan fingerprint density at radius 3 is 2.79 bits per heavy atom. The summed E-state index contributed by atoms with van der Waals surface area (Å²) in [5.74, 6) is 1.09. The smallest absolute Gasteiger partial charge is 0.0576 e. The van der Waals surface area contributed by atoms with Gasteiger partial charge in [0.05, 0.1) is 11.4 Å². The van der Waals surface area contributed by atoms with Gasteiger partial charge in [0.2, 0.25) is 0 Å². The van der Waals surface area contributed by atoms with Crippen molar-refractivity contribution in [2.45, 2.75) is 19.9 Å². The van der Waals surface area contributed by atoms with Gasteiger partial charge in [-0.15, -0.1) is 0 Å². The van der Waals surface area contributed by atoms with E-state index in [4.69, 9.17) is 5.73 Å². The van der Waals surface area contributed by atoms with Crippen LogP contribution in [0.15, 0.2) is 18.2 Å². The Hall–Kier alpha value is -0.830. The van der Waals surface area contributed by atoms with Gasteiger partial charge in [-0.25, -0.2) is 0 Å². The Balaban J connectivity index is 2.67. The third-order valence-electron chi connectivity index (χ3n) is 2.03. The van der Waals surface area contributed by atoms with E-state index >= 15 is 0 Å². The topological polar surface area (TPSA) is 38.0 Å². The number of anilines is 2. The van der Waals surface area contributed by atoms with Crippen molar-refractivity contribution in [3.8, 4) is 0 Å². The summed E-state index contributed by atoms with van der Waals surface area (Å²) in [4.78, 5) is 0. The molecule has 0 fully saturated rings. The molecule has 0 heterocycles. The molecule has 0 spiro atoms. The van der Waals surface area contributed by atoms with Crippen molar-refractivity contribution >= 4 is 23.1 Å². The standard InChI is InChI=1S/C11H18N2S/c1-8-4-5-11(10(12)6-8)13-9(2)7-14-3/h4-6,9,13H,7,12H2,1-3H3. The van der Waals surface area contributed by atoms with E-state index in [1.807, 2.05) is 30.8 Å². The fourth-order valence-electron chi connectivity index (χ4n) is 1.37. The summed E-state index contributed by atoms with van der Waals surface area (Å²) in [6, 6.07) is 6.56. The van der Waals surface area contributed by atoms with Crippen LogP contribution in [0.3, 0.4) is 0 Å². The van der Waals surface area contributed by atoms with Gasteiger partial charge in [0.15, 0.2) is 0 Å². The van der Waals surface area contributed by atoms with E-state index in [9.17, 15) is 0 Å². The van der Waals surface area contributed by atoms with Crippen LogP contribution >= 0.6 is 11.8 Å². The molecule has 0 aromatic heterocycles. The van der Waals surface area contributed by atoms with Gasteiger partial charge in [0.1, 0.15) is 0 Å². The first kappa shape index (κ1) is 11.2. The third kappa shape index (κ3) is 3.14. The molecule has 1 atom stereocenters. The molecule has 1 aromatic rings. The third-order valence-corrected chi connectivity index (χ3v) is 2.86. The highest BCUT2D eigenvalue weighted by molar-refractivity contribution is 7.98. The van der Waals surface area contributed by atoms with E-state index in [0.29, 0.717) is 6.04 Å². The van der Waals surface area contributed by atoms with Crippen molar-refractivity contribution in [2.75, 3.05) is 23.1 Å². The molecule has 0 aliphatic heterocycles. The van der Waals surface area contributed by atoms with Gasteiger partial charge in [-0.1, -0.05) is 6.07 Å². The highest BCUT2D eigenvalue weighted by Crippen LogP contribution is 2.20. The van der Waals surface area contributed by atoms with E-state index in [0.717, 1.165) is 17.1 Å². The fourth-order valence-corrected chi connectivity index (χ4v) is 1.95. The molecule has 1 unspecified atom stereocenters. The van der Waals surface area contributed by atoms with Crippen LogP contribution in [0.1, 0.15) is 12.5 Å². The summed E-state index contributed by atoms with van der Waals surface area (Å²) in [5.41, 5.74) is 8.97. The number of nitrogens with one attached hydrogen (secondary N) is 1. The normalized spacial score (nSPS) is 12.5. The lowest BCUT2D eigenvalue weighted by Gasteiger charge is -2.15. The van der Waals surface area contributed by atoms with Crippen molar-refractivity contribution in [1.29, 1.82) is 0 Å². The van der Waals surface area contributed by atoms with Crippen LogP contribution in [0.5, 0.6) is 0 Å². The Kier molecular flexibility index (Phi) is 4.14. The van der Waals surface area contributed by atoms with Crippen molar-refractivity contribution < 1.29 is 0 Å². The Bertz CT molecular complexity index is 299. The van der Waals surface area contributed by atoms with Crippen molar-refractivity contribution in [3.05, 3.63) is 23.8 Å². The van der Waals surface area contributed by atoms with Gasteiger partial charge in [-0.05, 0) is 37.8 Å². The SMILES string of the molecule is CSCC(C)Nc1ccc(C)cc1N. The van der Waals surface area contributed by atoms with Crippen LogP contribution in [-0.4, -0.2) is 18.1 Å². The minimum Gasteiger partial charge on any atom is -0.397 e. The number of benzene rings is 1. The van der Waals surface area contributed by atoms with Gasteiger partial charge >= 0.3 is 0 Å². The van der Waals surface area contributed by atoms with E-state index in [2.05, 4.69) is 24.6 Å². The summed E-state index contributed by atoms with van der Waals surface area (Å²) < 4.78 is 0. The molecule has 78 valence electrons. The summed E-state index contributed by atoms with van der Waals surface area (Å²) in [6.45, 7) is 4.21. The van der Waals surface area contributed by atoms with Gasteiger partial charge in [-0.3, -0.25) is 0 Å². The fraction of sp³-hybridized carbons (Fsp3) is 0.455. The highest BCUT2D eigenvalue weighted by atomic mass is 32.2. The molecule has 2 nitrogen and oxygen atoms in total. The quantitative estimate of drug-likeness (QED) is 0.750. The first-order valence-corrected chi connectivity index (χ1v) is 6.14. The predicted molar refractivity (Wildman–Crippen MR) is 67.1 cm³/mol. The molecule has 1 rings (SSSR count). The predicted octanol–water partition coefficient (Wildman–Crippen LogP) is 2.74. The van der Waals surface area contributed by atoms with Crippen LogP contribution in [0.2, 0.25) is 0 Å². The average molecular weight is 210 g/mol. The zero-order chi connectivity index (χ0) is 10.6. The number of aryl methyl sites for hydroxylation is 1.